The summed E-state index contributed by atoms with van der Waals surface area (Å²) < 4.78 is 5.72. The van der Waals surface area contributed by atoms with Crippen LogP contribution < -0.4 is 5.32 Å². The minimum Gasteiger partial charge on any atom is -0.469 e. The second-order valence-corrected chi connectivity index (χ2v) is 5.59. The highest BCUT2D eigenvalue weighted by molar-refractivity contribution is 9.11. The molecule has 0 aromatic carbocycles. The van der Waals surface area contributed by atoms with E-state index in [-0.39, 0.29) is 12.0 Å². The molecule has 0 spiro atoms. The second kappa shape index (κ2) is 6.25. The Balaban J connectivity index is 2.53. The van der Waals surface area contributed by atoms with E-state index in [1.807, 2.05) is 13.1 Å². The van der Waals surface area contributed by atoms with Crippen LogP contribution in [0.4, 0.5) is 0 Å². The van der Waals surface area contributed by atoms with Gasteiger partial charge >= 0.3 is 5.97 Å². The van der Waals surface area contributed by atoms with Gasteiger partial charge in [0.1, 0.15) is 0 Å². The zero-order valence-electron chi connectivity index (χ0n) is 8.75. The number of halogens is 1. The molecule has 0 aliphatic heterocycles. The van der Waals surface area contributed by atoms with Gasteiger partial charge in [-0.1, -0.05) is 0 Å². The molecule has 5 heteroatoms. The average molecular weight is 292 g/mol. The van der Waals surface area contributed by atoms with Crippen LogP contribution in [-0.4, -0.2) is 20.1 Å². The quantitative estimate of drug-likeness (QED) is 0.848. The number of rotatable bonds is 5. The van der Waals surface area contributed by atoms with Crippen LogP contribution in [0.2, 0.25) is 0 Å². The highest BCUT2D eigenvalue weighted by Gasteiger charge is 2.13. The van der Waals surface area contributed by atoms with Crippen LogP contribution in [0.25, 0.3) is 0 Å². The number of hydrogen-bond donors (Lipinski definition) is 1. The minimum absolute atomic E-state index is 0.161. The molecule has 1 aromatic rings. The first kappa shape index (κ1) is 12.7. The Morgan fingerprint density at radius 1 is 1.67 bits per heavy atom. The zero-order valence-corrected chi connectivity index (χ0v) is 11.2. The van der Waals surface area contributed by atoms with Crippen molar-refractivity contribution in [2.75, 3.05) is 14.2 Å². The summed E-state index contributed by atoms with van der Waals surface area (Å²) in [6.07, 6.45) is 1.20. The van der Waals surface area contributed by atoms with Crippen molar-refractivity contribution in [1.82, 2.24) is 5.32 Å². The topological polar surface area (TPSA) is 38.3 Å². The van der Waals surface area contributed by atoms with Gasteiger partial charge in [0, 0.05) is 17.3 Å². The summed E-state index contributed by atoms with van der Waals surface area (Å²) in [6.45, 7) is 0. The van der Waals surface area contributed by atoms with Crippen LogP contribution in [0.1, 0.15) is 23.8 Å². The van der Waals surface area contributed by atoms with Crippen molar-refractivity contribution in [3.8, 4) is 0 Å². The fourth-order valence-electron chi connectivity index (χ4n) is 1.31. The highest BCUT2D eigenvalue weighted by atomic mass is 79.9. The van der Waals surface area contributed by atoms with Crippen LogP contribution in [0.15, 0.2) is 15.9 Å². The summed E-state index contributed by atoms with van der Waals surface area (Å²) in [4.78, 5) is 12.2. The van der Waals surface area contributed by atoms with Crippen LogP contribution >= 0.6 is 27.3 Å². The van der Waals surface area contributed by atoms with Gasteiger partial charge in [0.25, 0.3) is 0 Å². The maximum Gasteiger partial charge on any atom is 0.305 e. The average Bonchev–Trinajstić information content (AvgIpc) is 2.65. The molecule has 15 heavy (non-hydrogen) atoms. The third-order valence-corrected chi connectivity index (χ3v) is 3.89. The summed E-state index contributed by atoms with van der Waals surface area (Å²) in [6, 6.07) is 4.30. The zero-order chi connectivity index (χ0) is 11.3. The summed E-state index contributed by atoms with van der Waals surface area (Å²) >= 11 is 5.10. The third-order valence-electron chi connectivity index (χ3n) is 2.15. The Labute approximate surface area is 102 Å². The van der Waals surface area contributed by atoms with Crippen LogP contribution in [-0.2, 0) is 9.53 Å². The Morgan fingerprint density at radius 3 is 2.87 bits per heavy atom. The van der Waals surface area contributed by atoms with E-state index >= 15 is 0 Å². The smallest absolute Gasteiger partial charge is 0.305 e. The summed E-state index contributed by atoms with van der Waals surface area (Å²) in [7, 11) is 3.31. The molecule has 1 heterocycles. The number of carbonyl (C=O) groups excluding carboxylic acids is 1. The Bertz CT molecular complexity index is 327. The van der Waals surface area contributed by atoms with E-state index in [0.29, 0.717) is 6.42 Å². The first-order chi connectivity index (χ1) is 7.17. The van der Waals surface area contributed by atoms with Gasteiger partial charge < -0.3 is 10.1 Å². The molecule has 0 saturated heterocycles. The molecule has 1 aromatic heterocycles. The van der Waals surface area contributed by atoms with Crippen LogP contribution in [0.5, 0.6) is 0 Å². The predicted molar refractivity (Wildman–Crippen MR) is 65.1 cm³/mol. The number of nitrogens with one attached hydrogen (secondary N) is 1. The lowest BCUT2D eigenvalue weighted by molar-refractivity contribution is -0.140. The second-order valence-electron chi connectivity index (χ2n) is 3.10. The van der Waals surface area contributed by atoms with E-state index in [2.05, 4.69) is 32.0 Å². The van der Waals surface area contributed by atoms with Crippen molar-refractivity contribution in [3.63, 3.8) is 0 Å². The molecule has 1 N–H and O–H groups in total. The van der Waals surface area contributed by atoms with E-state index in [1.54, 1.807) is 11.3 Å². The summed E-state index contributed by atoms with van der Waals surface area (Å²) in [5, 5.41) is 3.19. The van der Waals surface area contributed by atoms with E-state index in [1.165, 1.54) is 12.0 Å². The van der Waals surface area contributed by atoms with Crippen LogP contribution in [0, 0.1) is 0 Å². The molecule has 1 atom stereocenters. The van der Waals surface area contributed by atoms with Gasteiger partial charge in [-0.3, -0.25) is 4.79 Å². The molecule has 3 nitrogen and oxygen atoms in total. The van der Waals surface area contributed by atoms with E-state index in [9.17, 15) is 4.79 Å². The number of hydrogen-bond acceptors (Lipinski definition) is 4. The Hall–Kier alpha value is -0.390. The van der Waals surface area contributed by atoms with Gasteiger partial charge in [-0.15, -0.1) is 11.3 Å². The molecule has 0 bridgehead atoms. The standard InChI is InChI=1S/C10H14BrNO2S/c1-12-7(3-6-10(13)14-2)8-4-5-9(11)15-8/h4-5,7,12H,3,6H2,1-2H3. The Morgan fingerprint density at radius 2 is 2.40 bits per heavy atom. The van der Waals surface area contributed by atoms with Gasteiger partial charge in [0.15, 0.2) is 0 Å². The molecule has 0 radical (unpaired) electrons. The minimum atomic E-state index is -0.161. The lowest BCUT2D eigenvalue weighted by atomic mass is 10.1. The Kier molecular flexibility index (Phi) is 5.28. The molecule has 0 aliphatic carbocycles. The first-order valence-corrected chi connectivity index (χ1v) is 6.27. The largest absolute Gasteiger partial charge is 0.469 e. The van der Waals surface area contributed by atoms with E-state index < -0.39 is 0 Å². The molecule has 0 saturated carbocycles. The SMILES string of the molecule is CNC(CCC(=O)OC)c1ccc(Br)s1. The number of esters is 1. The normalized spacial score (nSPS) is 12.5. The van der Waals surface area contributed by atoms with Crippen molar-refractivity contribution in [3.05, 3.63) is 20.8 Å². The van der Waals surface area contributed by atoms with Gasteiger partial charge in [0.05, 0.1) is 10.9 Å². The number of methoxy groups -OCH3 is 1. The molecular formula is C10H14BrNO2S. The molecule has 1 unspecified atom stereocenters. The maximum atomic E-state index is 11.0. The van der Waals surface area contributed by atoms with Crippen molar-refractivity contribution >= 4 is 33.2 Å². The molecule has 0 aliphatic rings. The highest BCUT2D eigenvalue weighted by Crippen LogP contribution is 2.29. The summed E-state index contributed by atoms with van der Waals surface area (Å²) in [5.41, 5.74) is 0. The fraction of sp³-hybridized carbons (Fsp3) is 0.500. The molecule has 84 valence electrons. The third kappa shape index (κ3) is 3.93. The van der Waals surface area contributed by atoms with Gasteiger partial charge in [-0.25, -0.2) is 0 Å². The fourth-order valence-corrected chi connectivity index (χ4v) is 2.88. The number of ether oxygens (including phenoxy) is 1. The molecule has 0 fully saturated rings. The predicted octanol–water partition coefficient (Wildman–Crippen LogP) is 2.72. The molecule has 0 amide bonds. The lowest BCUT2D eigenvalue weighted by Gasteiger charge is -2.13. The lowest BCUT2D eigenvalue weighted by Crippen LogP contribution is -2.16. The van der Waals surface area contributed by atoms with Crippen molar-refractivity contribution < 1.29 is 9.53 Å². The molecular weight excluding hydrogens is 278 g/mol. The monoisotopic (exact) mass is 291 g/mol. The summed E-state index contributed by atoms with van der Waals surface area (Å²) in [5.74, 6) is -0.161. The number of thiophene rings is 1. The van der Waals surface area contributed by atoms with E-state index in [4.69, 9.17) is 0 Å². The van der Waals surface area contributed by atoms with Gasteiger partial charge in [-0.2, -0.15) is 0 Å². The first-order valence-electron chi connectivity index (χ1n) is 4.66. The van der Waals surface area contributed by atoms with Crippen molar-refractivity contribution in [1.29, 1.82) is 0 Å². The van der Waals surface area contributed by atoms with Gasteiger partial charge in [0.2, 0.25) is 0 Å². The number of carbonyl (C=O) groups is 1. The van der Waals surface area contributed by atoms with Crippen LogP contribution in [0.3, 0.4) is 0 Å². The van der Waals surface area contributed by atoms with Crippen molar-refractivity contribution in [2.24, 2.45) is 0 Å². The molecule has 1 rings (SSSR count). The maximum absolute atomic E-state index is 11.0. The van der Waals surface area contributed by atoms with Crippen molar-refractivity contribution in [2.45, 2.75) is 18.9 Å². The van der Waals surface area contributed by atoms with Gasteiger partial charge in [-0.05, 0) is 41.5 Å². The van der Waals surface area contributed by atoms with E-state index in [0.717, 1.165) is 10.2 Å².